The average Bonchev–Trinajstić information content (AvgIpc) is 3.57. The van der Waals surface area contributed by atoms with Crippen molar-refractivity contribution < 1.29 is 38.1 Å². The highest BCUT2D eigenvalue weighted by Crippen LogP contribution is 2.37. The van der Waals surface area contributed by atoms with Crippen LogP contribution in [-0.2, 0) is 38.1 Å². The van der Waals surface area contributed by atoms with Crippen molar-refractivity contribution in [3.8, 4) is 6.07 Å². The standard InChI is InChI=1S/C39H66N6O8/c1-43-15-12-37(45(43)36-10-6-3-7-11-36)27-33(28-40)39(48)44-29-34(32-8-4-2-5-9-32)26-35(30-44)38(47)42-14-17-50-19-21-52-23-25-53-24-22-51-20-18-49-16-13-41-31-46/h27,31-32,34-37H,2-26,29-30H2,1H3,(H,41,46)(H,42,47)/b33-27+. The zero-order chi connectivity index (χ0) is 37.5. The molecule has 2 aliphatic heterocycles. The summed E-state index contributed by atoms with van der Waals surface area (Å²) in [5, 5.41) is 20.5. The van der Waals surface area contributed by atoms with E-state index in [0.29, 0.717) is 111 Å². The largest absolute Gasteiger partial charge is 0.377 e. The number of ether oxygens (including phenoxy) is 5. The van der Waals surface area contributed by atoms with Gasteiger partial charge in [-0.25, -0.2) is 10.0 Å². The number of likely N-dealkylation sites (tertiary alicyclic amines) is 1. The Balaban J connectivity index is 1.15. The Morgan fingerprint density at radius 3 is 1.89 bits per heavy atom. The highest BCUT2D eigenvalue weighted by Gasteiger charge is 2.39. The van der Waals surface area contributed by atoms with Crippen LogP contribution in [0.1, 0.15) is 77.0 Å². The molecule has 3 amide bonds. The first kappa shape index (κ1) is 43.1. The number of nitriles is 1. The molecule has 2 N–H and O–H groups in total. The minimum Gasteiger partial charge on any atom is -0.377 e. The fraction of sp³-hybridized carbons (Fsp3) is 0.846. The number of hydrogen-bond acceptors (Lipinski definition) is 11. The van der Waals surface area contributed by atoms with E-state index in [9.17, 15) is 19.6 Å². The maximum Gasteiger partial charge on any atom is 0.264 e. The van der Waals surface area contributed by atoms with Crippen molar-refractivity contribution in [2.45, 2.75) is 89.1 Å². The average molecular weight is 747 g/mol. The topological polar surface area (TPSA) is 155 Å². The normalized spacial score (nSPS) is 23.9. The molecule has 53 heavy (non-hydrogen) atoms. The van der Waals surface area contributed by atoms with E-state index in [1.165, 1.54) is 38.5 Å². The third kappa shape index (κ3) is 15.2. The Morgan fingerprint density at radius 1 is 0.736 bits per heavy atom. The van der Waals surface area contributed by atoms with Crippen LogP contribution in [0.5, 0.6) is 0 Å². The van der Waals surface area contributed by atoms with Gasteiger partial charge in [0.1, 0.15) is 11.6 Å². The molecule has 0 bridgehead atoms. The SMILES string of the molecule is CN1CCC(/C=C(\C#N)C(=O)N2CC(C(=O)NCCOCCOCCOCCOCCOCCNC=O)CC(C3CCCCC3)C2)N1C1CCCCC1. The minimum atomic E-state index is -0.310. The lowest BCUT2D eigenvalue weighted by molar-refractivity contribution is -0.135. The fourth-order valence-electron chi connectivity index (χ4n) is 8.40. The number of carbonyl (C=O) groups excluding carboxylic acids is 3. The van der Waals surface area contributed by atoms with Crippen molar-refractivity contribution in [3.63, 3.8) is 0 Å². The zero-order valence-electron chi connectivity index (χ0n) is 32.2. The second-order valence-corrected chi connectivity index (χ2v) is 14.8. The molecule has 14 heteroatoms. The maximum atomic E-state index is 14.0. The van der Waals surface area contributed by atoms with Crippen LogP contribution in [0.3, 0.4) is 0 Å². The number of amides is 3. The molecule has 4 rings (SSSR count). The minimum absolute atomic E-state index is 0.0468. The lowest BCUT2D eigenvalue weighted by Crippen LogP contribution is -2.51. The van der Waals surface area contributed by atoms with Gasteiger partial charge < -0.3 is 39.2 Å². The van der Waals surface area contributed by atoms with Gasteiger partial charge in [0, 0.05) is 51.9 Å². The molecule has 3 unspecified atom stereocenters. The molecule has 300 valence electrons. The summed E-state index contributed by atoms with van der Waals surface area (Å²) < 4.78 is 27.5. The maximum absolute atomic E-state index is 14.0. The van der Waals surface area contributed by atoms with Gasteiger partial charge in [0.15, 0.2) is 0 Å². The van der Waals surface area contributed by atoms with E-state index in [0.717, 1.165) is 45.1 Å². The van der Waals surface area contributed by atoms with Gasteiger partial charge in [-0.3, -0.25) is 14.4 Å². The third-order valence-electron chi connectivity index (χ3n) is 11.1. The number of rotatable bonds is 24. The van der Waals surface area contributed by atoms with E-state index in [-0.39, 0.29) is 35.3 Å². The van der Waals surface area contributed by atoms with Gasteiger partial charge in [-0.2, -0.15) is 5.26 Å². The second-order valence-electron chi connectivity index (χ2n) is 14.8. The lowest BCUT2D eigenvalue weighted by Gasteiger charge is -2.42. The molecule has 0 aromatic rings. The van der Waals surface area contributed by atoms with Gasteiger partial charge in [-0.05, 0) is 43.6 Å². The van der Waals surface area contributed by atoms with Gasteiger partial charge >= 0.3 is 0 Å². The first-order chi connectivity index (χ1) is 26.0. The molecule has 0 aromatic carbocycles. The summed E-state index contributed by atoms with van der Waals surface area (Å²) in [4.78, 5) is 39.5. The van der Waals surface area contributed by atoms with Gasteiger partial charge in [-0.1, -0.05) is 51.4 Å². The number of hydrazine groups is 1. The van der Waals surface area contributed by atoms with E-state index < -0.39 is 0 Å². The molecular weight excluding hydrogens is 680 g/mol. The van der Waals surface area contributed by atoms with Crippen LogP contribution in [0.15, 0.2) is 11.6 Å². The van der Waals surface area contributed by atoms with Crippen molar-refractivity contribution in [1.29, 1.82) is 5.26 Å². The van der Waals surface area contributed by atoms with Gasteiger partial charge in [0.05, 0.1) is 72.0 Å². The molecule has 2 heterocycles. The summed E-state index contributed by atoms with van der Waals surface area (Å²) in [7, 11) is 2.12. The molecule has 0 radical (unpaired) electrons. The predicted molar refractivity (Wildman–Crippen MR) is 199 cm³/mol. The Hall–Kier alpha value is -2.64. The summed E-state index contributed by atoms with van der Waals surface area (Å²) in [6.45, 7) is 7.19. The van der Waals surface area contributed by atoms with Crippen molar-refractivity contribution in [1.82, 2.24) is 25.6 Å². The smallest absolute Gasteiger partial charge is 0.264 e. The zero-order valence-corrected chi connectivity index (χ0v) is 32.2. The number of hydrogen-bond donors (Lipinski definition) is 2. The predicted octanol–water partition coefficient (Wildman–Crippen LogP) is 2.68. The molecule has 4 aliphatic rings. The highest BCUT2D eigenvalue weighted by molar-refractivity contribution is 5.97. The molecule has 3 atom stereocenters. The van der Waals surface area contributed by atoms with Gasteiger partial charge in [-0.15, -0.1) is 0 Å². The molecule has 0 spiro atoms. The summed E-state index contributed by atoms with van der Waals surface area (Å²) in [6.07, 6.45) is 16.2. The third-order valence-corrected chi connectivity index (χ3v) is 11.1. The first-order valence-corrected chi connectivity index (χ1v) is 20.3. The van der Waals surface area contributed by atoms with E-state index in [1.54, 1.807) is 0 Å². The van der Waals surface area contributed by atoms with E-state index in [4.69, 9.17) is 23.7 Å². The highest BCUT2D eigenvalue weighted by atomic mass is 16.6. The van der Waals surface area contributed by atoms with Crippen LogP contribution >= 0.6 is 0 Å². The van der Waals surface area contributed by atoms with Crippen LogP contribution in [0, 0.1) is 29.1 Å². The first-order valence-electron chi connectivity index (χ1n) is 20.3. The second kappa shape index (κ2) is 25.4. The fourth-order valence-corrected chi connectivity index (χ4v) is 8.40. The molecular formula is C39H66N6O8. The van der Waals surface area contributed by atoms with Crippen molar-refractivity contribution >= 4 is 18.2 Å². The molecule has 2 saturated heterocycles. The monoisotopic (exact) mass is 746 g/mol. The van der Waals surface area contributed by atoms with Crippen LogP contribution < -0.4 is 10.6 Å². The molecule has 4 fully saturated rings. The van der Waals surface area contributed by atoms with E-state index in [1.807, 2.05) is 11.0 Å². The number of nitrogens with zero attached hydrogens (tertiary/aromatic N) is 4. The molecule has 0 aromatic heterocycles. The van der Waals surface area contributed by atoms with Crippen LogP contribution in [0.4, 0.5) is 0 Å². The molecule has 2 aliphatic carbocycles. The Morgan fingerprint density at radius 2 is 1.30 bits per heavy atom. The molecule has 2 saturated carbocycles. The van der Waals surface area contributed by atoms with Gasteiger partial charge in [0.2, 0.25) is 12.3 Å². The quantitative estimate of drug-likeness (QED) is 0.0649. The van der Waals surface area contributed by atoms with Crippen LogP contribution in [0.2, 0.25) is 0 Å². The summed E-state index contributed by atoms with van der Waals surface area (Å²) in [5.74, 6) is 0.176. The Labute approximate surface area is 317 Å². The number of nitrogens with one attached hydrogen (secondary N) is 2. The summed E-state index contributed by atoms with van der Waals surface area (Å²) in [6, 6.07) is 2.77. The summed E-state index contributed by atoms with van der Waals surface area (Å²) in [5.41, 5.74) is 0.213. The number of piperidine rings is 1. The van der Waals surface area contributed by atoms with Crippen molar-refractivity contribution in [2.24, 2.45) is 17.8 Å². The van der Waals surface area contributed by atoms with E-state index in [2.05, 4.69) is 33.8 Å². The Kier molecular flexibility index (Phi) is 20.7. The lowest BCUT2D eigenvalue weighted by atomic mass is 9.74. The van der Waals surface area contributed by atoms with Crippen LogP contribution in [-0.4, -0.2) is 151 Å². The Bertz CT molecular complexity index is 1140. The van der Waals surface area contributed by atoms with Crippen molar-refractivity contribution in [3.05, 3.63) is 11.6 Å². The summed E-state index contributed by atoms with van der Waals surface area (Å²) >= 11 is 0. The van der Waals surface area contributed by atoms with E-state index >= 15 is 0 Å². The van der Waals surface area contributed by atoms with Crippen LogP contribution in [0.25, 0.3) is 0 Å². The van der Waals surface area contributed by atoms with Gasteiger partial charge in [0.25, 0.3) is 5.91 Å². The molecule has 14 nitrogen and oxygen atoms in total. The number of carbonyl (C=O) groups is 3. The van der Waals surface area contributed by atoms with Crippen molar-refractivity contribution in [2.75, 3.05) is 106 Å².